The van der Waals surface area contributed by atoms with Gasteiger partial charge in [0.25, 0.3) is 0 Å². The number of phenols is 1. The Morgan fingerprint density at radius 1 is 1.27 bits per heavy atom. The van der Waals surface area contributed by atoms with E-state index in [1.54, 1.807) is 19.2 Å². The minimum Gasteiger partial charge on any atom is -0.508 e. The lowest BCUT2D eigenvalue weighted by atomic mass is 10.1. The normalized spacial score (nSPS) is 14.9. The molecular formula is C12H19NO2. The van der Waals surface area contributed by atoms with Crippen LogP contribution in [-0.2, 0) is 11.3 Å². The molecule has 0 aliphatic carbocycles. The van der Waals surface area contributed by atoms with Crippen LogP contribution in [0.1, 0.15) is 19.4 Å². The molecule has 0 aliphatic rings. The Hall–Kier alpha value is -1.06. The molecule has 3 heteroatoms. The Labute approximate surface area is 91.1 Å². The van der Waals surface area contributed by atoms with Gasteiger partial charge in [0.15, 0.2) is 0 Å². The summed E-state index contributed by atoms with van der Waals surface area (Å²) in [5, 5.41) is 12.5. The fraction of sp³-hybridized carbons (Fsp3) is 0.500. The first-order chi connectivity index (χ1) is 7.13. The molecule has 0 heterocycles. The largest absolute Gasteiger partial charge is 0.508 e. The summed E-state index contributed by atoms with van der Waals surface area (Å²) in [6.45, 7) is 4.91. The molecule has 0 saturated heterocycles. The van der Waals surface area contributed by atoms with Crippen LogP contribution in [0.2, 0.25) is 0 Å². The van der Waals surface area contributed by atoms with Gasteiger partial charge in [-0.2, -0.15) is 0 Å². The van der Waals surface area contributed by atoms with Gasteiger partial charge in [0.05, 0.1) is 6.10 Å². The highest BCUT2D eigenvalue weighted by Crippen LogP contribution is 2.09. The average Bonchev–Trinajstić information content (AvgIpc) is 2.26. The van der Waals surface area contributed by atoms with E-state index in [-0.39, 0.29) is 6.10 Å². The van der Waals surface area contributed by atoms with Gasteiger partial charge in [-0.1, -0.05) is 12.1 Å². The number of ether oxygens (including phenoxy) is 1. The van der Waals surface area contributed by atoms with Gasteiger partial charge in [-0.15, -0.1) is 0 Å². The third-order valence-corrected chi connectivity index (χ3v) is 2.64. The van der Waals surface area contributed by atoms with Crippen molar-refractivity contribution < 1.29 is 9.84 Å². The molecule has 0 amide bonds. The van der Waals surface area contributed by atoms with Gasteiger partial charge < -0.3 is 15.2 Å². The van der Waals surface area contributed by atoms with Gasteiger partial charge in [0.1, 0.15) is 5.75 Å². The number of rotatable bonds is 5. The van der Waals surface area contributed by atoms with Crippen LogP contribution in [0.3, 0.4) is 0 Å². The lowest BCUT2D eigenvalue weighted by Crippen LogP contribution is -2.36. The minimum absolute atomic E-state index is 0.196. The molecule has 1 aromatic carbocycles. The maximum Gasteiger partial charge on any atom is 0.115 e. The van der Waals surface area contributed by atoms with Gasteiger partial charge in [-0.05, 0) is 31.5 Å². The van der Waals surface area contributed by atoms with E-state index in [4.69, 9.17) is 9.84 Å². The minimum atomic E-state index is 0.196. The number of hydrogen-bond acceptors (Lipinski definition) is 3. The smallest absolute Gasteiger partial charge is 0.115 e. The molecule has 1 aromatic rings. The number of aromatic hydroxyl groups is 1. The molecule has 15 heavy (non-hydrogen) atoms. The lowest BCUT2D eigenvalue weighted by molar-refractivity contribution is 0.0882. The molecule has 0 radical (unpaired) electrons. The van der Waals surface area contributed by atoms with Gasteiger partial charge >= 0.3 is 0 Å². The molecule has 3 nitrogen and oxygen atoms in total. The Balaban J connectivity index is 2.40. The maximum atomic E-state index is 9.12. The molecule has 0 aromatic heterocycles. The van der Waals surface area contributed by atoms with Gasteiger partial charge in [-0.3, -0.25) is 0 Å². The van der Waals surface area contributed by atoms with Crippen LogP contribution in [0.15, 0.2) is 24.3 Å². The van der Waals surface area contributed by atoms with E-state index in [9.17, 15) is 0 Å². The van der Waals surface area contributed by atoms with Crippen LogP contribution in [0, 0.1) is 0 Å². The summed E-state index contributed by atoms with van der Waals surface area (Å²) in [6, 6.07) is 7.52. The fourth-order valence-corrected chi connectivity index (χ4v) is 1.26. The van der Waals surface area contributed by atoms with E-state index < -0.39 is 0 Å². The van der Waals surface area contributed by atoms with Crippen LogP contribution in [0.4, 0.5) is 0 Å². The van der Waals surface area contributed by atoms with E-state index in [0.717, 1.165) is 12.1 Å². The van der Waals surface area contributed by atoms with E-state index in [1.807, 2.05) is 19.1 Å². The molecule has 2 unspecified atom stereocenters. The van der Waals surface area contributed by atoms with E-state index in [1.165, 1.54) is 0 Å². The first-order valence-electron chi connectivity index (χ1n) is 5.17. The van der Waals surface area contributed by atoms with Crippen LogP contribution >= 0.6 is 0 Å². The summed E-state index contributed by atoms with van der Waals surface area (Å²) < 4.78 is 5.22. The number of benzene rings is 1. The first kappa shape index (κ1) is 12.0. The lowest BCUT2D eigenvalue weighted by Gasteiger charge is -2.19. The molecule has 0 bridgehead atoms. The van der Waals surface area contributed by atoms with Crippen molar-refractivity contribution in [1.82, 2.24) is 5.32 Å². The van der Waals surface area contributed by atoms with Gasteiger partial charge in [0, 0.05) is 19.7 Å². The van der Waals surface area contributed by atoms with Crippen LogP contribution in [0.5, 0.6) is 5.75 Å². The number of phenolic OH excluding ortho intramolecular Hbond substituents is 1. The van der Waals surface area contributed by atoms with Crippen molar-refractivity contribution in [2.75, 3.05) is 7.11 Å². The first-order valence-corrected chi connectivity index (χ1v) is 5.17. The standard InChI is InChI=1S/C12H19NO2/c1-9(10(2)15-3)13-8-11-4-6-12(14)7-5-11/h4-7,9-10,13-14H,8H2,1-3H3. The predicted molar refractivity (Wildman–Crippen MR) is 60.9 cm³/mol. The SMILES string of the molecule is COC(C)C(C)NCc1ccc(O)cc1. The Morgan fingerprint density at radius 2 is 1.87 bits per heavy atom. The monoisotopic (exact) mass is 209 g/mol. The van der Waals surface area contributed by atoms with E-state index in [2.05, 4.69) is 12.2 Å². The fourth-order valence-electron chi connectivity index (χ4n) is 1.26. The van der Waals surface area contributed by atoms with Crippen LogP contribution in [-0.4, -0.2) is 24.4 Å². The Bertz CT molecular complexity index is 284. The second-order valence-electron chi connectivity index (χ2n) is 3.78. The zero-order chi connectivity index (χ0) is 11.3. The molecule has 1 rings (SSSR count). The van der Waals surface area contributed by atoms with E-state index in [0.29, 0.717) is 11.8 Å². The van der Waals surface area contributed by atoms with Crippen LogP contribution in [0.25, 0.3) is 0 Å². The van der Waals surface area contributed by atoms with Crippen molar-refractivity contribution >= 4 is 0 Å². The zero-order valence-corrected chi connectivity index (χ0v) is 9.53. The predicted octanol–water partition coefficient (Wildman–Crippen LogP) is 1.91. The molecule has 0 fully saturated rings. The maximum absolute atomic E-state index is 9.12. The molecule has 2 N–H and O–H groups in total. The van der Waals surface area contributed by atoms with Gasteiger partial charge in [0.2, 0.25) is 0 Å². The third kappa shape index (κ3) is 3.90. The summed E-state index contributed by atoms with van der Waals surface area (Å²) in [4.78, 5) is 0. The summed E-state index contributed by atoms with van der Waals surface area (Å²) in [5.74, 6) is 0.303. The summed E-state index contributed by atoms with van der Waals surface area (Å²) in [6.07, 6.45) is 0.196. The summed E-state index contributed by atoms with van der Waals surface area (Å²) in [7, 11) is 1.71. The Kier molecular flexibility index (Phi) is 4.59. The Morgan fingerprint density at radius 3 is 2.40 bits per heavy atom. The van der Waals surface area contributed by atoms with Crippen molar-refractivity contribution in [2.45, 2.75) is 32.5 Å². The number of methoxy groups -OCH3 is 1. The molecule has 0 saturated carbocycles. The van der Waals surface area contributed by atoms with Gasteiger partial charge in [-0.25, -0.2) is 0 Å². The average molecular weight is 209 g/mol. The zero-order valence-electron chi connectivity index (χ0n) is 9.53. The third-order valence-electron chi connectivity index (χ3n) is 2.64. The molecular weight excluding hydrogens is 190 g/mol. The number of hydrogen-bond donors (Lipinski definition) is 2. The van der Waals surface area contributed by atoms with Crippen molar-refractivity contribution in [3.8, 4) is 5.75 Å². The highest BCUT2D eigenvalue weighted by Gasteiger charge is 2.09. The molecule has 2 atom stereocenters. The molecule has 0 spiro atoms. The molecule has 0 aliphatic heterocycles. The van der Waals surface area contributed by atoms with E-state index >= 15 is 0 Å². The number of nitrogens with one attached hydrogen (secondary N) is 1. The van der Waals surface area contributed by atoms with Crippen molar-refractivity contribution in [2.24, 2.45) is 0 Å². The topological polar surface area (TPSA) is 41.5 Å². The molecule has 84 valence electrons. The summed E-state index contributed by atoms with van der Waals surface area (Å²) in [5.41, 5.74) is 1.16. The van der Waals surface area contributed by atoms with Crippen molar-refractivity contribution in [1.29, 1.82) is 0 Å². The second kappa shape index (κ2) is 5.73. The highest BCUT2D eigenvalue weighted by atomic mass is 16.5. The summed E-state index contributed by atoms with van der Waals surface area (Å²) >= 11 is 0. The highest BCUT2D eigenvalue weighted by molar-refractivity contribution is 5.25. The van der Waals surface area contributed by atoms with Crippen LogP contribution < -0.4 is 5.32 Å². The van der Waals surface area contributed by atoms with Crippen molar-refractivity contribution in [3.63, 3.8) is 0 Å². The second-order valence-corrected chi connectivity index (χ2v) is 3.78. The van der Waals surface area contributed by atoms with Crippen molar-refractivity contribution in [3.05, 3.63) is 29.8 Å². The quantitative estimate of drug-likeness (QED) is 0.778.